The van der Waals surface area contributed by atoms with Crippen molar-refractivity contribution in [1.29, 1.82) is 0 Å². The van der Waals surface area contributed by atoms with Crippen molar-refractivity contribution < 1.29 is 4.74 Å². The lowest BCUT2D eigenvalue weighted by atomic mass is 9.99. The number of rotatable bonds is 7. The number of aryl methyl sites for hydroxylation is 2. The largest absolute Gasteiger partial charge is 0.493 e. The summed E-state index contributed by atoms with van der Waals surface area (Å²) in [4.78, 5) is 8.28. The second kappa shape index (κ2) is 8.58. The van der Waals surface area contributed by atoms with Gasteiger partial charge in [0.15, 0.2) is 0 Å². The van der Waals surface area contributed by atoms with Crippen LogP contribution in [0.3, 0.4) is 0 Å². The van der Waals surface area contributed by atoms with Crippen LogP contribution >= 0.6 is 11.3 Å². The molecule has 4 heteroatoms. The molecular weight excluding hydrogens is 376 g/mol. The Morgan fingerprint density at radius 2 is 1.93 bits per heavy atom. The van der Waals surface area contributed by atoms with Crippen LogP contribution in [0.1, 0.15) is 47.4 Å². The van der Waals surface area contributed by atoms with Gasteiger partial charge in [0, 0.05) is 36.6 Å². The molecule has 0 amide bonds. The quantitative estimate of drug-likeness (QED) is 0.464. The van der Waals surface area contributed by atoms with Crippen LogP contribution in [0.15, 0.2) is 42.5 Å². The van der Waals surface area contributed by atoms with Gasteiger partial charge < -0.3 is 9.64 Å². The molecule has 0 N–H and O–H groups in total. The van der Waals surface area contributed by atoms with Gasteiger partial charge in [0.25, 0.3) is 0 Å². The highest BCUT2D eigenvalue weighted by atomic mass is 32.1. The van der Waals surface area contributed by atoms with Gasteiger partial charge in [-0.25, -0.2) is 4.98 Å². The SMILES string of the molecule is CC[C@@H]1CCc2cc(OCCc3nc(-c4ccc(N(C)C)cc4)sc3C)ccc21. The standard InChI is InChI=1S/C25H30N2OS/c1-5-18-6-7-20-16-22(12-13-23(18)20)28-15-14-24-17(2)29-25(26-24)19-8-10-21(11-9-19)27(3)4/h8-13,16,18H,5-7,14-15H2,1-4H3/t18-/m1/s1. The molecule has 0 spiro atoms. The van der Waals surface area contributed by atoms with Crippen LogP contribution in [-0.2, 0) is 12.8 Å². The van der Waals surface area contributed by atoms with Gasteiger partial charge in [0.05, 0.1) is 12.3 Å². The number of benzene rings is 2. The second-order valence-corrected chi connectivity index (χ2v) is 9.27. The van der Waals surface area contributed by atoms with Gasteiger partial charge in [-0.2, -0.15) is 0 Å². The van der Waals surface area contributed by atoms with E-state index in [2.05, 4.69) is 75.3 Å². The predicted molar refractivity (Wildman–Crippen MR) is 124 cm³/mol. The number of fused-ring (bicyclic) bond motifs is 1. The molecule has 152 valence electrons. The molecule has 0 bridgehead atoms. The number of ether oxygens (including phenoxy) is 1. The summed E-state index contributed by atoms with van der Waals surface area (Å²) in [5, 5.41) is 1.09. The summed E-state index contributed by atoms with van der Waals surface area (Å²) in [7, 11) is 4.12. The van der Waals surface area contributed by atoms with E-state index in [1.54, 1.807) is 11.3 Å². The van der Waals surface area contributed by atoms with Gasteiger partial charge >= 0.3 is 0 Å². The second-order valence-electron chi connectivity index (χ2n) is 8.07. The summed E-state index contributed by atoms with van der Waals surface area (Å²) in [6.07, 6.45) is 4.54. The van der Waals surface area contributed by atoms with Crippen molar-refractivity contribution in [2.24, 2.45) is 0 Å². The van der Waals surface area contributed by atoms with Crippen molar-refractivity contribution in [1.82, 2.24) is 4.98 Å². The minimum atomic E-state index is 0.666. The van der Waals surface area contributed by atoms with Crippen molar-refractivity contribution >= 4 is 17.0 Å². The third-order valence-electron chi connectivity index (χ3n) is 5.94. The first-order valence-corrected chi connectivity index (χ1v) is 11.4. The summed E-state index contributed by atoms with van der Waals surface area (Å²) in [6, 6.07) is 15.3. The number of nitrogens with zero attached hydrogens (tertiary/aromatic N) is 2. The van der Waals surface area contributed by atoms with Crippen LogP contribution in [0.5, 0.6) is 5.75 Å². The van der Waals surface area contributed by atoms with Gasteiger partial charge in [-0.15, -0.1) is 11.3 Å². The number of hydrogen-bond donors (Lipinski definition) is 0. The fraction of sp³-hybridized carbons (Fsp3) is 0.400. The van der Waals surface area contributed by atoms with Crippen LogP contribution in [0.25, 0.3) is 10.6 Å². The maximum absolute atomic E-state index is 6.08. The molecule has 3 nitrogen and oxygen atoms in total. The lowest BCUT2D eigenvalue weighted by Gasteiger charge is -2.12. The molecule has 1 aromatic heterocycles. The highest BCUT2D eigenvalue weighted by molar-refractivity contribution is 7.15. The van der Waals surface area contributed by atoms with E-state index in [1.165, 1.54) is 46.5 Å². The Labute approximate surface area is 178 Å². The van der Waals surface area contributed by atoms with Gasteiger partial charge in [-0.1, -0.05) is 13.0 Å². The highest BCUT2D eigenvalue weighted by Crippen LogP contribution is 2.37. The average molecular weight is 407 g/mol. The smallest absolute Gasteiger partial charge is 0.123 e. The monoisotopic (exact) mass is 406 g/mol. The number of anilines is 1. The molecule has 4 rings (SSSR count). The molecule has 2 aromatic carbocycles. The van der Waals surface area contributed by atoms with Crippen molar-refractivity contribution in [3.63, 3.8) is 0 Å². The fourth-order valence-corrected chi connectivity index (χ4v) is 5.11. The van der Waals surface area contributed by atoms with Crippen molar-refractivity contribution in [2.45, 2.75) is 45.4 Å². The van der Waals surface area contributed by atoms with Crippen LogP contribution in [0.2, 0.25) is 0 Å². The Hall–Kier alpha value is -2.33. The minimum absolute atomic E-state index is 0.666. The molecule has 3 aromatic rings. The maximum atomic E-state index is 6.08. The summed E-state index contributed by atoms with van der Waals surface area (Å²) >= 11 is 1.77. The minimum Gasteiger partial charge on any atom is -0.493 e. The molecule has 0 fully saturated rings. The fourth-order valence-electron chi connectivity index (χ4n) is 4.15. The molecule has 0 unspecified atom stereocenters. The van der Waals surface area contributed by atoms with Crippen LogP contribution < -0.4 is 9.64 Å². The summed E-state index contributed by atoms with van der Waals surface area (Å²) < 4.78 is 6.08. The summed E-state index contributed by atoms with van der Waals surface area (Å²) in [5.74, 6) is 1.73. The Balaban J connectivity index is 1.38. The van der Waals surface area contributed by atoms with E-state index in [9.17, 15) is 0 Å². The lowest BCUT2D eigenvalue weighted by Crippen LogP contribution is -2.07. The number of aromatic nitrogens is 1. The molecule has 29 heavy (non-hydrogen) atoms. The molecule has 0 saturated heterocycles. The Morgan fingerprint density at radius 3 is 2.66 bits per heavy atom. The molecule has 1 heterocycles. The summed E-state index contributed by atoms with van der Waals surface area (Å²) in [5.41, 5.74) is 6.53. The first-order chi connectivity index (χ1) is 14.0. The zero-order valence-electron chi connectivity index (χ0n) is 17.9. The van der Waals surface area contributed by atoms with E-state index >= 15 is 0 Å². The number of thiazole rings is 1. The molecule has 1 aliphatic rings. The third-order valence-corrected chi connectivity index (χ3v) is 7.00. The zero-order valence-corrected chi connectivity index (χ0v) is 18.7. The van der Waals surface area contributed by atoms with Crippen LogP contribution in [-0.4, -0.2) is 25.7 Å². The van der Waals surface area contributed by atoms with Crippen molar-refractivity contribution in [2.75, 3.05) is 25.6 Å². The first kappa shape index (κ1) is 20.0. The van der Waals surface area contributed by atoms with Gasteiger partial charge in [0.1, 0.15) is 10.8 Å². The van der Waals surface area contributed by atoms with Gasteiger partial charge in [-0.05, 0) is 79.6 Å². The summed E-state index contributed by atoms with van der Waals surface area (Å²) in [6.45, 7) is 5.11. The Bertz CT molecular complexity index is 975. The Kier molecular flexibility index (Phi) is 5.91. The average Bonchev–Trinajstić information content (AvgIpc) is 3.31. The lowest BCUT2D eigenvalue weighted by molar-refractivity contribution is 0.320. The van der Waals surface area contributed by atoms with Crippen LogP contribution in [0.4, 0.5) is 5.69 Å². The van der Waals surface area contributed by atoms with Crippen molar-refractivity contribution in [3.8, 4) is 16.3 Å². The first-order valence-electron chi connectivity index (χ1n) is 10.5. The molecule has 0 aliphatic heterocycles. The van der Waals surface area contributed by atoms with Gasteiger partial charge in [-0.3, -0.25) is 0 Å². The number of hydrogen-bond acceptors (Lipinski definition) is 4. The van der Waals surface area contributed by atoms with Crippen LogP contribution in [0, 0.1) is 6.92 Å². The van der Waals surface area contributed by atoms with Gasteiger partial charge in [0.2, 0.25) is 0 Å². The van der Waals surface area contributed by atoms with E-state index in [0.29, 0.717) is 6.61 Å². The molecule has 0 radical (unpaired) electrons. The van der Waals surface area contributed by atoms with E-state index < -0.39 is 0 Å². The molecule has 1 atom stereocenters. The molecule has 1 aliphatic carbocycles. The highest BCUT2D eigenvalue weighted by Gasteiger charge is 2.21. The van der Waals surface area contributed by atoms with E-state index in [1.807, 2.05) is 0 Å². The van der Waals surface area contributed by atoms with E-state index in [0.717, 1.165) is 28.8 Å². The van der Waals surface area contributed by atoms with E-state index in [-0.39, 0.29) is 0 Å². The maximum Gasteiger partial charge on any atom is 0.123 e. The zero-order chi connectivity index (χ0) is 20.4. The Morgan fingerprint density at radius 1 is 1.14 bits per heavy atom. The molecular formula is C25H30N2OS. The van der Waals surface area contributed by atoms with E-state index in [4.69, 9.17) is 9.72 Å². The van der Waals surface area contributed by atoms with Crippen molar-refractivity contribution in [3.05, 3.63) is 64.2 Å². The topological polar surface area (TPSA) is 25.4 Å². The third kappa shape index (κ3) is 4.32. The normalized spacial score (nSPS) is 15.4. The predicted octanol–water partition coefficient (Wildman–Crippen LogP) is 6.25. The molecule has 0 saturated carbocycles.